The van der Waals surface area contributed by atoms with Gasteiger partial charge in [-0.05, 0) is 30.2 Å². The van der Waals surface area contributed by atoms with Gasteiger partial charge in [-0.1, -0.05) is 30.3 Å². The molecule has 2 aromatic carbocycles. The first-order valence-corrected chi connectivity index (χ1v) is 12.0. The Hall–Kier alpha value is -3.10. The highest BCUT2D eigenvalue weighted by molar-refractivity contribution is 7.09. The number of amides is 1. The van der Waals surface area contributed by atoms with Crippen molar-refractivity contribution in [3.8, 4) is 11.5 Å². The van der Waals surface area contributed by atoms with Crippen molar-refractivity contribution in [2.75, 3.05) is 51.8 Å². The van der Waals surface area contributed by atoms with Crippen LogP contribution in [0.3, 0.4) is 0 Å². The molecule has 1 saturated heterocycles. The number of thiazole rings is 1. The Bertz CT molecular complexity index is 1060. The number of methoxy groups -OCH3 is 2. The number of carbonyl (C=O) groups is 1. The molecule has 0 aliphatic carbocycles. The van der Waals surface area contributed by atoms with Crippen molar-refractivity contribution in [2.45, 2.75) is 13.0 Å². The van der Waals surface area contributed by atoms with Gasteiger partial charge in [0.15, 0.2) is 0 Å². The Labute approximate surface area is 199 Å². The lowest BCUT2D eigenvalue weighted by molar-refractivity contribution is 0.0949. The summed E-state index contributed by atoms with van der Waals surface area (Å²) in [6.45, 7) is 5.05. The van der Waals surface area contributed by atoms with E-state index in [1.165, 1.54) is 0 Å². The summed E-state index contributed by atoms with van der Waals surface area (Å²) in [6, 6.07) is 16.0. The quantitative estimate of drug-likeness (QED) is 0.521. The summed E-state index contributed by atoms with van der Waals surface area (Å²) in [5.41, 5.74) is 2.70. The van der Waals surface area contributed by atoms with Crippen LogP contribution < -0.4 is 19.7 Å². The lowest BCUT2D eigenvalue weighted by atomic mass is 10.1. The minimum Gasteiger partial charge on any atom is -0.496 e. The molecule has 0 unspecified atom stereocenters. The molecule has 1 aliphatic rings. The average molecular weight is 467 g/mol. The number of carbonyl (C=O) groups excluding carboxylic acids is 1. The molecule has 0 spiro atoms. The minimum atomic E-state index is -0.131. The molecule has 1 N–H and O–H groups in total. The largest absolute Gasteiger partial charge is 0.496 e. The van der Waals surface area contributed by atoms with Gasteiger partial charge in [0.1, 0.15) is 22.2 Å². The summed E-state index contributed by atoms with van der Waals surface area (Å²) < 4.78 is 10.9. The second kappa shape index (κ2) is 11.2. The van der Waals surface area contributed by atoms with E-state index in [1.54, 1.807) is 25.6 Å². The van der Waals surface area contributed by atoms with Crippen molar-refractivity contribution in [3.05, 3.63) is 70.2 Å². The minimum absolute atomic E-state index is 0.131. The van der Waals surface area contributed by atoms with Gasteiger partial charge in [0.05, 0.1) is 26.5 Å². The van der Waals surface area contributed by atoms with Gasteiger partial charge in [-0.25, -0.2) is 4.98 Å². The van der Waals surface area contributed by atoms with E-state index in [0.29, 0.717) is 18.7 Å². The predicted molar refractivity (Wildman–Crippen MR) is 132 cm³/mol. The van der Waals surface area contributed by atoms with Crippen molar-refractivity contribution < 1.29 is 14.3 Å². The van der Waals surface area contributed by atoms with Crippen molar-refractivity contribution in [3.63, 3.8) is 0 Å². The van der Waals surface area contributed by atoms with Crippen LogP contribution in [0, 0.1) is 0 Å². The number of aromatic nitrogens is 1. The number of ether oxygens (including phenoxy) is 2. The van der Waals surface area contributed by atoms with Gasteiger partial charge in [0.2, 0.25) is 0 Å². The van der Waals surface area contributed by atoms with Crippen LogP contribution in [0.4, 0.5) is 5.69 Å². The van der Waals surface area contributed by atoms with Crippen molar-refractivity contribution >= 4 is 22.9 Å². The van der Waals surface area contributed by atoms with Crippen LogP contribution >= 0.6 is 11.3 Å². The number of rotatable bonds is 9. The third-order valence-electron chi connectivity index (χ3n) is 5.81. The van der Waals surface area contributed by atoms with E-state index in [0.717, 1.165) is 60.5 Å². The van der Waals surface area contributed by atoms with Crippen LogP contribution in [-0.2, 0) is 13.0 Å². The Morgan fingerprint density at radius 2 is 1.70 bits per heavy atom. The molecule has 8 heteroatoms. The number of anilines is 1. The van der Waals surface area contributed by atoms with Crippen molar-refractivity contribution in [1.29, 1.82) is 0 Å². The van der Waals surface area contributed by atoms with Crippen LogP contribution in [0.5, 0.6) is 11.5 Å². The fraction of sp³-hybridized carbons (Fsp3) is 0.360. The fourth-order valence-electron chi connectivity index (χ4n) is 4.03. The highest BCUT2D eigenvalue weighted by Gasteiger charge is 2.21. The average Bonchev–Trinajstić information content (AvgIpc) is 3.33. The molecule has 174 valence electrons. The lowest BCUT2D eigenvalue weighted by Crippen LogP contribution is -2.46. The van der Waals surface area contributed by atoms with Crippen LogP contribution in [0.15, 0.2) is 53.9 Å². The summed E-state index contributed by atoms with van der Waals surface area (Å²) in [6.07, 6.45) is 0.712. The fourth-order valence-corrected chi connectivity index (χ4v) is 4.84. The maximum absolute atomic E-state index is 12.5. The van der Waals surface area contributed by atoms with E-state index < -0.39 is 0 Å². The summed E-state index contributed by atoms with van der Waals surface area (Å²) in [7, 11) is 3.37. The number of piperazine rings is 1. The normalized spacial score (nSPS) is 14.2. The molecule has 0 radical (unpaired) electrons. The third kappa shape index (κ3) is 5.83. The second-order valence-electron chi connectivity index (χ2n) is 7.88. The van der Waals surface area contributed by atoms with E-state index in [1.807, 2.05) is 47.8 Å². The zero-order chi connectivity index (χ0) is 23.0. The van der Waals surface area contributed by atoms with Crippen LogP contribution in [0.25, 0.3) is 0 Å². The molecule has 1 aromatic heterocycles. The Balaban J connectivity index is 1.25. The summed E-state index contributed by atoms with van der Waals surface area (Å²) >= 11 is 1.54. The third-order valence-corrected chi connectivity index (χ3v) is 6.65. The van der Waals surface area contributed by atoms with Gasteiger partial charge in [0.25, 0.3) is 5.91 Å². The monoisotopic (exact) mass is 466 g/mol. The Morgan fingerprint density at radius 1 is 1.00 bits per heavy atom. The molecule has 2 heterocycles. The molecule has 1 aliphatic heterocycles. The second-order valence-corrected chi connectivity index (χ2v) is 8.82. The van der Waals surface area contributed by atoms with Crippen LogP contribution in [0.2, 0.25) is 0 Å². The van der Waals surface area contributed by atoms with Gasteiger partial charge >= 0.3 is 0 Å². The molecule has 0 bridgehead atoms. The number of nitrogens with zero attached hydrogens (tertiary/aromatic N) is 3. The van der Waals surface area contributed by atoms with E-state index in [2.05, 4.69) is 26.2 Å². The first kappa shape index (κ1) is 23.1. The van der Waals surface area contributed by atoms with Crippen LogP contribution in [-0.4, -0.2) is 62.7 Å². The molecular weight excluding hydrogens is 436 g/mol. The SMILES string of the molecule is COc1ccccc1CCNC(=O)c1csc(CN2CCN(c3ccccc3OC)CC2)n1. The molecule has 1 fully saturated rings. The zero-order valence-corrected chi connectivity index (χ0v) is 19.9. The van der Waals surface area contributed by atoms with Crippen molar-refractivity contribution in [1.82, 2.24) is 15.2 Å². The van der Waals surface area contributed by atoms with Gasteiger partial charge in [-0.15, -0.1) is 11.3 Å². The number of benzene rings is 2. The maximum atomic E-state index is 12.5. The lowest BCUT2D eigenvalue weighted by Gasteiger charge is -2.36. The van der Waals surface area contributed by atoms with Gasteiger partial charge in [0, 0.05) is 38.1 Å². The Morgan fingerprint density at radius 3 is 2.45 bits per heavy atom. The summed E-state index contributed by atoms with van der Waals surface area (Å²) in [5.74, 6) is 1.62. The standard InChI is InChI=1S/C25H30N4O3S/c1-31-22-9-5-3-7-19(22)11-12-26-25(30)20-18-33-24(27-20)17-28-13-15-29(16-14-28)21-8-4-6-10-23(21)32-2/h3-10,18H,11-17H2,1-2H3,(H,26,30). The maximum Gasteiger partial charge on any atom is 0.270 e. The zero-order valence-electron chi connectivity index (χ0n) is 19.1. The highest BCUT2D eigenvalue weighted by atomic mass is 32.1. The molecule has 0 saturated carbocycles. The smallest absolute Gasteiger partial charge is 0.270 e. The molecule has 7 nitrogen and oxygen atoms in total. The number of nitrogens with one attached hydrogen (secondary N) is 1. The number of para-hydroxylation sites is 3. The van der Waals surface area contributed by atoms with E-state index in [4.69, 9.17) is 9.47 Å². The molecule has 4 rings (SSSR count). The molecular formula is C25H30N4O3S. The van der Waals surface area contributed by atoms with E-state index in [-0.39, 0.29) is 5.91 Å². The first-order valence-electron chi connectivity index (χ1n) is 11.1. The molecule has 3 aromatic rings. The van der Waals surface area contributed by atoms with Gasteiger partial charge < -0.3 is 19.7 Å². The summed E-state index contributed by atoms with van der Waals surface area (Å²) in [5, 5.41) is 5.78. The Kier molecular flexibility index (Phi) is 7.80. The summed E-state index contributed by atoms with van der Waals surface area (Å²) in [4.78, 5) is 21.8. The molecule has 33 heavy (non-hydrogen) atoms. The molecule has 0 atom stereocenters. The van der Waals surface area contributed by atoms with Crippen LogP contribution in [0.1, 0.15) is 21.1 Å². The molecule has 1 amide bonds. The van der Waals surface area contributed by atoms with Gasteiger partial charge in [-0.3, -0.25) is 9.69 Å². The highest BCUT2D eigenvalue weighted by Crippen LogP contribution is 2.28. The number of hydrogen-bond donors (Lipinski definition) is 1. The predicted octanol–water partition coefficient (Wildman–Crippen LogP) is 3.46. The van der Waals surface area contributed by atoms with Crippen molar-refractivity contribution in [2.24, 2.45) is 0 Å². The van der Waals surface area contributed by atoms with Gasteiger partial charge in [-0.2, -0.15) is 0 Å². The van der Waals surface area contributed by atoms with E-state index >= 15 is 0 Å². The first-order chi connectivity index (χ1) is 16.2. The van der Waals surface area contributed by atoms with E-state index in [9.17, 15) is 4.79 Å². The topological polar surface area (TPSA) is 66.9 Å². The number of hydrogen-bond acceptors (Lipinski definition) is 7.